The zero-order valence-electron chi connectivity index (χ0n) is 12.5. The molecule has 1 rings (SSSR count). The lowest BCUT2D eigenvalue weighted by molar-refractivity contribution is -0.696. The highest BCUT2D eigenvalue weighted by Gasteiger charge is 2.03. The second-order valence-electron chi connectivity index (χ2n) is 4.58. The highest BCUT2D eigenvalue weighted by atomic mass is 16.5. The normalized spacial score (nSPS) is 10.9. The topological polar surface area (TPSA) is 76.6 Å². The van der Waals surface area contributed by atoms with Gasteiger partial charge in [-0.25, -0.2) is 9.13 Å². The number of carbonyl (C=O) groups excluding carboxylic acids is 1. The van der Waals surface area contributed by atoms with Crippen LogP contribution in [0.4, 0.5) is 0 Å². The molecule has 0 aliphatic heterocycles. The van der Waals surface area contributed by atoms with Gasteiger partial charge in [0.05, 0.1) is 39.6 Å². The van der Waals surface area contributed by atoms with Crippen LogP contribution in [0.25, 0.3) is 0 Å². The van der Waals surface area contributed by atoms with Crippen LogP contribution < -0.4 is 9.67 Å². The number of carboxylic acid groups (broad SMARTS) is 1. The first-order valence-corrected chi connectivity index (χ1v) is 7.11. The Bertz CT molecular complexity index is 394. The van der Waals surface area contributed by atoms with Crippen molar-refractivity contribution in [3.05, 3.63) is 18.7 Å². The van der Waals surface area contributed by atoms with E-state index < -0.39 is 5.97 Å². The summed E-state index contributed by atoms with van der Waals surface area (Å²) < 4.78 is 19.6. The van der Waals surface area contributed by atoms with Crippen LogP contribution in [0.5, 0.6) is 0 Å². The number of aryl methyl sites for hydroxylation is 1. The SMILES string of the molecule is COCCOCCOCCn1cc[n+](CCCC(=O)[O-])c1. The van der Waals surface area contributed by atoms with Gasteiger partial charge in [-0.1, -0.05) is 0 Å². The van der Waals surface area contributed by atoms with Gasteiger partial charge in [0.25, 0.3) is 0 Å². The van der Waals surface area contributed by atoms with Gasteiger partial charge in [0, 0.05) is 13.1 Å². The van der Waals surface area contributed by atoms with Crippen molar-refractivity contribution < 1.29 is 28.7 Å². The van der Waals surface area contributed by atoms with Gasteiger partial charge in [0.1, 0.15) is 18.9 Å². The fraction of sp³-hybridized carbons (Fsp3) is 0.714. The smallest absolute Gasteiger partial charge is 0.243 e. The van der Waals surface area contributed by atoms with E-state index >= 15 is 0 Å². The maximum absolute atomic E-state index is 10.3. The molecule has 120 valence electrons. The molecule has 0 saturated carbocycles. The van der Waals surface area contributed by atoms with Crippen molar-refractivity contribution in [1.29, 1.82) is 0 Å². The molecule has 0 fully saturated rings. The first-order chi connectivity index (χ1) is 10.2. The summed E-state index contributed by atoms with van der Waals surface area (Å²) in [6.07, 6.45) is 6.46. The number of nitrogens with zero attached hydrogens (tertiary/aromatic N) is 2. The molecular formula is C14H24N2O5. The Morgan fingerprint density at radius 2 is 1.90 bits per heavy atom. The number of aromatic nitrogens is 2. The van der Waals surface area contributed by atoms with Crippen LogP contribution in [0.3, 0.4) is 0 Å². The molecule has 0 atom stereocenters. The molecule has 0 unspecified atom stereocenters. The van der Waals surface area contributed by atoms with E-state index in [1.54, 1.807) is 7.11 Å². The molecule has 0 aliphatic carbocycles. The first-order valence-electron chi connectivity index (χ1n) is 7.11. The average Bonchev–Trinajstić information content (AvgIpc) is 2.89. The van der Waals surface area contributed by atoms with Gasteiger partial charge >= 0.3 is 0 Å². The van der Waals surface area contributed by atoms with Crippen LogP contribution in [-0.4, -0.2) is 50.7 Å². The summed E-state index contributed by atoms with van der Waals surface area (Å²) in [7, 11) is 1.64. The first kappa shape index (κ1) is 17.6. The molecule has 0 spiro atoms. The molecule has 1 aromatic rings. The Labute approximate surface area is 125 Å². The summed E-state index contributed by atoms with van der Waals surface area (Å²) in [6, 6.07) is 0. The second kappa shape index (κ2) is 11.2. The third kappa shape index (κ3) is 9.17. The number of aliphatic carboxylic acids is 1. The molecule has 0 bridgehead atoms. The summed E-state index contributed by atoms with van der Waals surface area (Å²) in [6.45, 7) is 4.36. The molecule has 0 aromatic carbocycles. The van der Waals surface area contributed by atoms with E-state index in [4.69, 9.17) is 14.2 Å². The predicted octanol–water partition coefficient (Wildman–Crippen LogP) is -1.01. The molecule has 0 radical (unpaired) electrons. The van der Waals surface area contributed by atoms with Crippen LogP contribution in [0, 0.1) is 0 Å². The van der Waals surface area contributed by atoms with Crippen LogP contribution in [-0.2, 0) is 32.1 Å². The van der Waals surface area contributed by atoms with Crippen LogP contribution in [0.2, 0.25) is 0 Å². The zero-order chi connectivity index (χ0) is 15.3. The Kier molecular flexibility index (Phi) is 9.43. The molecule has 1 heterocycles. The molecule has 0 amide bonds. The van der Waals surface area contributed by atoms with Crippen molar-refractivity contribution in [3.63, 3.8) is 0 Å². The largest absolute Gasteiger partial charge is 0.550 e. The third-order valence-corrected chi connectivity index (χ3v) is 2.84. The average molecular weight is 300 g/mol. The van der Waals surface area contributed by atoms with E-state index in [1.807, 2.05) is 27.9 Å². The molecule has 7 heteroatoms. The predicted molar refractivity (Wildman–Crippen MR) is 72.4 cm³/mol. The molecule has 21 heavy (non-hydrogen) atoms. The van der Waals surface area contributed by atoms with Gasteiger partial charge in [0.2, 0.25) is 6.33 Å². The van der Waals surface area contributed by atoms with E-state index in [2.05, 4.69) is 0 Å². The van der Waals surface area contributed by atoms with Crippen molar-refractivity contribution in [2.24, 2.45) is 0 Å². The summed E-state index contributed by atoms with van der Waals surface area (Å²) in [5.41, 5.74) is 0. The Balaban J connectivity index is 2.02. The maximum Gasteiger partial charge on any atom is 0.243 e. The number of hydrogen-bond acceptors (Lipinski definition) is 5. The van der Waals surface area contributed by atoms with E-state index in [9.17, 15) is 9.90 Å². The van der Waals surface area contributed by atoms with Crippen molar-refractivity contribution in [2.45, 2.75) is 25.9 Å². The van der Waals surface area contributed by atoms with Crippen molar-refractivity contribution >= 4 is 5.97 Å². The van der Waals surface area contributed by atoms with Gasteiger partial charge in [-0.2, -0.15) is 0 Å². The van der Waals surface area contributed by atoms with Gasteiger partial charge in [-0.3, -0.25) is 0 Å². The van der Waals surface area contributed by atoms with Crippen molar-refractivity contribution in [2.75, 3.05) is 40.1 Å². The minimum atomic E-state index is -1.00. The van der Waals surface area contributed by atoms with Crippen LogP contribution >= 0.6 is 0 Å². The Hall–Kier alpha value is -1.44. The number of carbonyl (C=O) groups is 1. The molecule has 0 aliphatic rings. The van der Waals surface area contributed by atoms with E-state index in [0.29, 0.717) is 46.0 Å². The van der Waals surface area contributed by atoms with Crippen molar-refractivity contribution in [3.8, 4) is 0 Å². The quantitative estimate of drug-likeness (QED) is 0.344. The molecule has 0 saturated heterocycles. The molecule has 1 aromatic heterocycles. The number of carboxylic acids is 1. The van der Waals surface area contributed by atoms with Gasteiger partial charge in [-0.15, -0.1) is 0 Å². The van der Waals surface area contributed by atoms with Gasteiger partial charge < -0.3 is 24.1 Å². The third-order valence-electron chi connectivity index (χ3n) is 2.84. The summed E-state index contributed by atoms with van der Waals surface area (Å²) in [5, 5.41) is 10.3. The van der Waals surface area contributed by atoms with Gasteiger partial charge in [-0.05, 0) is 12.8 Å². The minimum absolute atomic E-state index is 0.0877. The number of imidazole rings is 1. The fourth-order valence-electron chi connectivity index (χ4n) is 1.74. The number of hydrogen-bond donors (Lipinski definition) is 0. The lowest BCUT2D eigenvalue weighted by Gasteiger charge is -2.04. The zero-order valence-corrected chi connectivity index (χ0v) is 12.5. The maximum atomic E-state index is 10.3. The minimum Gasteiger partial charge on any atom is -0.550 e. The highest BCUT2D eigenvalue weighted by molar-refractivity contribution is 5.63. The van der Waals surface area contributed by atoms with Crippen molar-refractivity contribution in [1.82, 2.24) is 4.57 Å². The number of ether oxygens (including phenoxy) is 3. The Morgan fingerprint density at radius 1 is 1.19 bits per heavy atom. The number of rotatable bonds is 13. The molecule has 7 nitrogen and oxygen atoms in total. The van der Waals surface area contributed by atoms with E-state index in [1.165, 1.54) is 0 Å². The second-order valence-corrected chi connectivity index (χ2v) is 4.58. The monoisotopic (exact) mass is 300 g/mol. The molecular weight excluding hydrogens is 276 g/mol. The summed E-state index contributed by atoms with van der Waals surface area (Å²) in [4.78, 5) is 10.3. The van der Waals surface area contributed by atoms with E-state index in [-0.39, 0.29) is 6.42 Å². The molecule has 0 N–H and O–H groups in total. The Morgan fingerprint density at radius 3 is 2.62 bits per heavy atom. The summed E-state index contributed by atoms with van der Waals surface area (Å²) in [5.74, 6) is -1.00. The number of methoxy groups -OCH3 is 1. The van der Waals surface area contributed by atoms with E-state index in [0.717, 1.165) is 6.54 Å². The lowest BCUT2D eigenvalue weighted by atomic mass is 10.3. The highest BCUT2D eigenvalue weighted by Crippen LogP contribution is 1.90. The van der Waals surface area contributed by atoms with Crippen LogP contribution in [0.15, 0.2) is 18.7 Å². The lowest BCUT2D eigenvalue weighted by Crippen LogP contribution is -2.32. The standard InChI is InChI=1S/C14H24N2O5/c1-19-9-10-21-12-11-20-8-7-16-6-5-15(13-16)4-2-3-14(17)18/h5-6,13H,2-4,7-12H2,1H3. The van der Waals surface area contributed by atoms with Gasteiger partial charge in [0.15, 0.2) is 0 Å². The van der Waals surface area contributed by atoms with Crippen LogP contribution in [0.1, 0.15) is 12.8 Å². The fourth-order valence-corrected chi connectivity index (χ4v) is 1.74. The summed E-state index contributed by atoms with van der Waals surface area (Å²) >= 11 is 0.